The van der Waals surface area contributed by atoms with Gasteiger partial charge in [-0.15, -0.1) is 0 Å². The quantitative estimate of drug-likeness (QED) is 0.329. The van der Waals surface area contributed by atoms with Gasteiger partial charge in [-0.2, -0.15) is 4.73 Å². The first-order chi connectivity index (χ1) is 15.9. The summed E-state index contributed by atoms with van der Waals surface area (Å²) in [7, 11) is 2.52. The van der Waals surface area contributed by atoms with Crippen LogP contribution in [0.5, 0.6) is 0 Å². The molecule has 2 heterocycles. The highest BCUT2D eigenvalue weighted by Gasteiger charge is 2.36. The predicted octanol–water partition coefficient (Wildman–Crippen LogP) is 2.25. The summed E-state index contributed by atoms with van der Waals surface area (Å²) in [5, 5.41) is 10.1. The summed E-state index contributed by atoms with van der Waals surface area (Å²) in [6.45, 7) is 3.81. The number of ether oxygens (including phenoxy) is 1. The normalized spacial score (nSPS) is 15.7. The maximum Gasteiger partial charge on any atom is 0.362 e. The van der Waals surface area contributed by atoms with Crippen LogP contribution >= 0.6 is 0 Å². The summed E-state index contributed by atoms with van der Waals surface area (Å²) in [5.74, 6) is -3.79. The minimum atomic E-state index is -1.05. The number of carbonyl (C=O) groups is 1. The van der Waals surface area contributed by atoms with Gasteiger partial charge in [0.25, 0.3) is 0 Å². The monoisotopic (exact) mass is 467 g/mol. The molecule has 3 rings (SSSR count). The van der Waals surface area contributed by atoms with Crippen molar-refractivity contribution in [3.63, 3.8) is 0 Å². The molecule has 0 aliphatic carbocycles. The van der Waals surface area contributed by atoms with E-state index in [1.807, 2.05) is 0 Å². The molecule has 9 nitrogen and oxygen atoms in total. The van der Waals surface area contributed by atoms with Gasteiger partial charge in [0.2, 0.25) is 0 Å². The smallest absolute Gasteiger partial charge is 0.362 e. The van der Waals surface area contributed by atoms with E-state index in [1.54, 1.807) is 13.8 Å². The fourth-order valence-corrected chi connectivity index (χ4v) is 3.31. The Bertz CT molecular complexity index is 992. The van der Waals surface area contributed by atoms with Crippen LogP contribution in [0.15, 0.2) is 59.5 Å². The Hall–Kier alpha value is -3.12. The van der Waals surface area contributed by atoms with E-state index in [2.05, 4.69) is 10.3 Å². The molecule has 0 radical (unpaired) electrons. The summed E-state index contributed by atoms with van der Waals surface area (Å²) in [5.41, 5.74) is 1.65. The van der Waals surface area contributed by atoms with Gasteiger partial charge < -0.3 is 20.0 Å². The molecule has 0 fully saturated rings. The van der Waals surface area contributed by atoms with Crippen LogP contribution in [0.3, 0.4) is 0 Å². The van der Waals surface area contributed by atoms with Crippen LogP contribution in [0.2, 0.25) is 0 Å². The van der Waals surface area contributed by atoms with Crippen molar-refractivity contribution in [2.75, 3.05) is 34.0 Å². The highest BCUT2D eigenvalue weighted by atomic mass is 19.2. The molecule has 0 bridgehead atoms. The standard InChI is InChI=1S/C21H23F2N3O5.CH4O/c1-13-16(11-30-29-10-9-28-3)19(15-5-4-6-17(22)20(15)23)18(14(2)25-13)21(27)31-26-8-7-24-12-26;1-2/h4-8,12,19,25H,9-11H2,1-3H3;2H,1H3. The Labute approximate surface area is 190 Å². The average molecular weight is 467 g/mol. The number of nitrogens with zero attached hydrogens (tertiary/aromatic N) is 2. The predicted molar refractivity (Wildman–Crippen MR) is 113 cm³/mol. The van der Waals surface area contributed by atoms with Crippen LogP contribution in [-0.2, 0) is 19.3 Å². The minimum absolute atomic E-state index is 0.0201. The van der Waals surface area contributed by atoms with Crippen molar-refractivity contribution in [1.82, 2.24) is 15.0 Å². The maximum absolute atomic E-state index is 14.8. The molecule has 1 aliphatic rings. The number of methoxy groups -OCH3 is 1. The van der Waals surface area contributed by atoms with Crippen molar-refractivity contribution in [2.45, 2.75) is 19.8 Å². The highest BCUT2D eigenvalue weighted by molar-refractivity contribution is 5.92. The fraction of sp³-hybridized carbons (Fsp3) is 0.364. The molecule has 2 aromatic rings. The summed E-state index contributed by atoms with van der Waals surface area (Å²) in [6.07, 6.45) is 4.19. The lowest BCUT2D eigenvalue weighted by molar-refractivity contribution is -0.292. The Morgan fingerprint density at radius 2 is 1.94 bits per heavy atom. The molecule has 1 aliphatic heterocycles. The number of benzene rings is 1. The van der Waals surface area contributed by atoms with Gasteiger partial charge in [0.1, 0.15) is 19.5 Å². The van der Waals surface area contributed by atoms with Crippen molar-refractivity contribution in [3.05, 3.63) is 76.7 Å². The van der Waals surface area contributed by atoms with Gasteiger partial charge in [-0.1, -0.05) is 12.1 Å². The van der Waals surface area contributed by atoms with Crippen LogP contribution in [-0.4, -0.2) is 54.8 Å². The molecular formula is C22H27F2N3O6. The largest absolute Gasteiger partial charge is 0.400 e. The number of imidazole rings is 1. The lowest BCUT2D eigenvalue weighted by atomic mass is 9.80. The number of hydrogen-bond acceptors (Lipinski definition) is 8. The van der Waals surface area contributed by atoms with Gasteiger partial charge >= 0.3 is 5.97 Å². The van der Waals surface area contributed by atoms with E-state index in [4.69, 9.17) is 24.5 Å². The zero-order valence-electron chi connectivity index (χ0n) is 18.8. The van der Waals surface area contributed by atoms with E-state index >= 15 is 0 Å². The number of aliphatic hydroxyl groups excluding tert-OH is 1. The number of allylic oxidation sites excluding steroid dienone is 2. The van der Waals surface area contributed by atoms with E-state index in [0.717, 1.165) is 17.9 Å². The lowest BCUT2D eigenvalue weighted by Crippen LogP contribution is -2.34. The zero-order valence-corrected chi connectivity index (χ0v) is 18.8. The number of hydrogen-bond donors (Lipinski definition) is 2. The number of halogens is 2. The molecule has 0 saturated carbocycles. The van der Waals surface area contributed by atoms with Crippen LogP contribution in [0, 0.1) is 11.6 Å². The molecule has 1 unspecified atom stereocenters. The van der Waals surface area contributed by atoms with Gasteiger partial charge in [0, 0.05) is 43.3 Å². The number of aromatic nitrogens is 2. The fourth-order valence-electron chi connectivity index (χ4n) is 3.31. The Morgan fingerprint density at radius 1 is 1.18 bits per heavy atom. The summed E-state index contributed by atoms with van der Waals surface area (Å²) in [6, 6.07) is 3.82. The van der Waals surface area contributed by atoms with Crippen LogP contribution in [0.25, 0.3) is 0 Å². The van der Waals surface area contributed by atoms with Crippen molar-refractivity contribution < 1.29 is 38.0 Å². The van der Waals surface area contributed by atoms with Crippen molar-refractivity contribution in [1.29, 1.82) is 0 Å². The first-order valence-electron chi connectivity index (χ1n) is 9.94. The van der Waals surface area contributed by atoms with E-state index in [1.165, 1.54) is 38.0 Å². The van der Waals surface area contributed by atoms with Crippen molar-refractivity contribution in [3.8, 4) is 0 Å². The molecule has 0 amide bonds. The third kappa shape index (κ3) is 6.45. The molecule has 33 heavy (non-hydrogen) atoms. The van der Waals surface area contributed by atoms with E-state index in [9.17, 15) is 13.6 Å². The molecule has 1 aromatic carbocycles. The minimum Gasteiger partial charge on any atom is -0.400 e. The Kier molecular flexibility index (Phi) is 10.1. The van der Waals surface area contributed by atoms with Crippen LogP contribution < -0.4 is 10.2 Å². The van der Waals surface area contributed by atoms with Gasteiger partial charge in [0.15, 0.2) is 11.6 Å². The van der Waals surface area contributed by atoms with Crippen molar-refractivity contribution in [2.24, 2.45) is 0 Å². The third-order valence-corrected chi connectivity index (χ3v) is 4.75. The Balaban J connectivity index is 0.00000187. The average Bonchev–Trinajstić information content (AvgIpc) is 3.31. The topological polar surface area (TPSA) is 104 Å². The van der Waals surface area contributed by atoms with Gasteiger partial charge in [0.05, 0.1) is 18.4 Å². The number of carbonyl (C=O) groups excluding carboxylic acids is 1. The lowest BCUT2D eigenvalue weighted by Gasteiger charge is -2.31. The second kappa shape index (κ2) is 12.8. The number of aliphatic hydroxyl groups is 1. The van der Waals surface area contributed by atoms with Crippen LogP contribution in [0.4, 0.5) is 8.78 Å². The molecule has 180 valence electrons. The zero-order chi connectivity index (χ0) is 24.4. The molecular weight excluding hydrogens is 440 g/mol. The number of nitrogens with one attached hydrogen (secondary N) is 1. The molecule has 1 atom stereocenters. The van der Waals surface area contributed by atoms with Gasteiger partial charge in [-0.3, -0.25) is 0 Å². The molecule has 2 N–H and O–H groups in total. The Morgan fingerprint density at radius 3 is 2.61 bits per heavy atom. The molecule has 11 heteroatoms. The number of dihydropyridines is 1. The summed E-state index contributed by atoms with van der Waals surface area (Å²) in [4.78, 5) is 32.5. The highest BCUT2D eigenvalue weighted by Crippen LogP contribution is 2.39. The molecule has 0 saturated heterocycles. The van der Waals surface area contributed by atoms with Gasteiger partial charge in [-0.05, 0) is 25.5 Å². The maximum atomic E-state index is 14.8. The SMILES string of the molecule is CO.COCCOOCC1=C(C)NC(C)=C(C(=O)On2ccnc2)C1c1cccc(F)c1F. The van der Waals surface area contributed by atoms with Crippen LogP contribution in [0.1, 0.15) is 25.3 Å². The first-order valence-corrected chi connectivity index (χ1v) is 9.94. The van der Waals surface area contributed by atoms with Crippen molar-refractivity contribution >= 4 is 5.97 Å². The van der Waals surface area contributed by atoms with E-state index in [0.29, 0.717) is 23.6 Å². The second-order valence-corrected chi connectivity index (χ2v) is 6.77. The number of rotatable bonds is 9. The molecule has 0 spiro atoms. The van der Waals surface area contributed by atoms with E-state index < -0.39 is 23.5 Å². The molecule has 1 aromatic heterocycles. The second-order valence-electron chi connectivity index (χ2n) is 6.77. The summed E-state index contributed by atoms with van der Waals surface area (Å²) < 4.78 is 34.9. The van der Waals surface area contributed by atoms with E-state index in [-0.39, 0.29) is 24.4 Å². The van der Waals surface area contributed by atoms with Gasteiger partial charge in [-0.25, -0.2) is 28.3 Å². The summed E-state index contributed by atoms with van der Waals surface area (Å²) >= 11 is 0. The third-order valence-electron chi connectivity index (χ3n) is 4.75. The first kappa shape index (κ1) is 26.1.